The third-order valence-corrected chi connectivity index (χ3v) is 6.08. The molecule has 0 aliphatic rings. The zero-order chi connectivity index (χ0) is 14.1. The molecule has 0 aromatic carbocycles. The van der Waals surface area contributed by atoms with Gasteiger partial charge in [0.05, 0.1) is 12.5 Å². The maximum atomic E-state index is 5.39. The number of aromatic nitrogens is 2. The van der Waals surface area contributed by atoms with E-state index in [1.54, 1.807) is 27.5 Å². The molecule has 1 N–H and O–H groups in total. The molecule has 1 rings (SSSR count). The molecule has 0 aliphatic heterocycles. The first-order chi connectivity index (χ1) is 9.21. The highest BCUT2D eigenvalue weighted by atomic mass is 28.4. The maximum absolute atomic E-state index is 5.39. The van der Waals surface area contributed by atoms with Gasteiger partial charge < -0.3 is 17.8 Å². The minimum atomic E-state index is -2.42. The molecule has 1 unspecified atom stereocenters. The minimum Gasteiger partial charge on any atom is -0.377 e. The second-order valence-corrected chi connectivity index (χ2v) is 7.38. The number of imidazole rings is 1. The summed E-state index contributed by atoms with van der Waals surface area (Å²) in [5, 5.41) is 3.50. The average Bonchev–Trinajstić information content (AvgIpc) is 2.98. The average molecular weight is 287 g/mol. The third kappa shape index (κ3) is 4.70. The number of nitrogens with one attached hydrogen (secondary N) is 1. The van der Waals surface area contributed by atoms with E-state index in [2.05, 4.69) is 21.8 Å². The van der Waals surface area contributed by atoms with Crippen molar-refractivity contribution in [2.24, 2.45) is 0 Å². The van der Waals surface area contributed by atoms with Crippen LogP contribution in [0.4, 0.5) is 0 Å². The molecular weight excluding hydrogens is 262 g/mol. The van der Waals surface area contributed by atoms with Gasteiger partial charge in [0.2, 0.25) is 0 Å². The van der Waals surface area contributed by atoms with Crippen LogP contribution in [-0.4, -0.2) is 46.2 Å². The first kappa shape index (κ1) is 16.3. The number of hydrogen-bond donors (Lipinski definition) is 1. The summed E-state index contributed by atoms with van der Waals surface area (Å²) in [5.41, 5.74) is 0. The highest BCUT2D eigenvalue weighted by Crippen LogP contribution is 2.15. The van der Waals surface area contributed by atoms with Crippen molar-refractivity contribution in [3.63, 3.8) is 0 Å². The lowest BCUT2D eigenvalue weighted by Gasteiger charge is -2.25. The van der Waals surface area contributed by atoms with E-state index in [1.807, 2.05) is 12.5 Å². The molecule has 1 atom stereocenters. The fourth-order valence-electron chi connectivity index (χ4n) is 2.04. The fourth-order valence-corrected chi connectivity index (χ4v) is 3.77. The van der Waals surface area contributed by atoms with Crippen molar-refractivity contribution in [1.82, 2.24) is 14.9 Å². The van der Waals surface area contributed by atoms with Gasteiger partial charge in [0.1, 0.15) is 0 Å². The Morgan fingerprint density at radius 2 is 1.95 bits per heavy atom. The van der Waals surface area contributed by atoms with Gasteiger partial charge in [-0.05, 0) is 19.4 Å². The van der Waals surface area contributed by atoms with E-state index < -0.39 is 8.80 Å². The zero-order valence-electron chi connectivity index (χ0n) is 12.3. The van der Waals surface area contributed by atoms with E-state index >= 15 is 0 Å². The monoisotopic (exact) mass is 287 g/mol. The van der Waals surface area contributed by atoms with Crippen LogP contribution in [0.3, 0.4) is 0 Å². The SMILES string of the molecule is CCC(NCCC[Si](OC)(OC)OC)n1ccnc1. The molecule has 1 aromatic heterocycles. The van der Waals surface area contributed by atoms with Gasteiger partial charge in [-0.25, -0.2) is 4.98 Å². The predicted octanol–water partition coefficient (Wildman–Crippen LogP) is 1.65. The van der Waals surface area contributed by atoms with Crippen LogP contribution in [0.1, 0.15) is 25.9 Å². The van der Waals surface area contributed by atoms with E-state index in [0.717, 1.165) is 25.4 Å². The van der Waals surface area contributed by atoms with E-state index in [9.17, 15) is 0 Å². The molecule has 6 nitrogen and oxygen atoms in total. The highest BCUT2D eigenvalue weighted by Gasteiger charge is 2.36. The van der Waals surface area contributed by atoms with Crippen LogP contribution in [0, 0.1) is 0 Å². The molecule has 0 radical (unpaired) electrons. The van der Waals surface area contributed by atoms with Crippen molar-refractivity contribution < 1.29 is 13.3 Å². The molecule has 0 spiro atoms. The Morgan fingerprint density at radius 1 is 1.26 bits per heavy atom. The van der Waals surface area contributed by atoms with Gasteiger partial charge in [-0.15, -0.1) is 0 Å². The Morgan fingerprint density at radius 3 is 2.42 bits per heavy atom. The quantitative estimate of drug-likeness (QED) is 0.524. The highest BCUT2D eigenvalue weighted by molar-refractivity contribution is 6.60. The second kappa shape index (κ2) is 8.44. The van der Waals surface area contributed by atoms with E-state index in [4.69, 9.17) is 13.3 Å². The van der Waals surface area contributed by atoms with Crippen molar-refractivity contribution in [1.29, 1.82) is 0 Å². The summed E-state index contributed by atoms with van der Waals surface area (Å²) in [6.07, 6.45) is 7.85. The Labute approximate surface area is 116 Å². The van der Waals surface area contributed by atoms with Gasteiger partial charge in [-0.2, -0.15) is 0 Å². The summed E-state index contributed by atoms with van der Waals surface area (Å²) in [6.45, 7) is 3.04. The first-order valence-electron chi connectivity index (χ1n) is 6.57. The number of hydrogen-bond acceptors (Lipinski definition) is 5. The number of nitrogens with zero attached hydrogens (tertiary/aromatic N) is 2. The Kier molecular flexibility index (Phi) is 7.25. The summed E-state index contributed by atoms with van der Waals surface area (Å²) in [5.74, 6) is 0. The lowest BCUT2D eigenvalue weighted by molar-refractivity contribution is 0.122. The topological polar surface area (TPSA) is 57.5 Å². The summed E-state index contributed by atoms with van der Waals surface area (Å²) in [6, 6.07) is 0.809. The Balaban J connectivity index is 2.33. The largest absolute Gasteiger partial charge is 0.500 e. The summed E-state index contributed by atoms with van der Waals surface area (Å²) in [4.78, 5) is 4.07. The molecule has 0 fully saturated rings. The molecule has 7 heteroatoms. The van der Waals surface area contributed by atoms with Crippen molar-refractivity contribution in [3.8, 4) is 0 Å². The van der Waals surface area contributed by atoms with Crippen molar-refractivity contribution >= 4 is 8.80 Å². The molecule has 110 valence electrons. The molecule has 0 amide bonds. The van der Waals surface area contributed by atoms with Gasteiger partial charge in [0, 0.05) is 39.8 Å². The van der Waals surface area contributed by atoms with Crippen molar-refractivity contribution in [3.05, 3.63) is 18.7 Å². The lowest BCUT2D eigenvalue weighted by atomic mass is 10.3. The maximum Gasteiger partial charge on any atom is 0.500 e. The fraction of sp³-hybridized carbons (Fsp3) is 0.750. The first-order valence-corrected chi connectivity index (χ1v) is 8.50. The van der Waals surface area contributed by atoms with Crippen LogP contribution < -0.4 is 5.32 Å². The molecule has 1 heterocycles. The molecule has 1 aromatic rings. The van der Waals surface area contributed by atoms with Crippen LogP contribution in [0.25, 0.3) is 0 Å². The normalized spacial score (nSPS) is 13.7. The second-order valence-electron chi connectivity index (χ2n) is 4.29. The van der Waals surface area contributed by atoms with Crippen LogP contribution in [-0.2, 0) is 13.3 Å². The predicted molar refractivity (Wildman–Crippen MR) is 75.8 cm³/mol. The van der Waals surface area contributed by atoms with Crippen LogP contribution in [0.2, 0.25) is 6.04 Å². The van der Waals surface area contributed by atoms with Crippen molar-refractivity contribution in [2.45, 2.75) is 32.0 Å². The van der Waals surface area contributed by atoms with Gasteiger partial charge in [-0.3, -0.25) is 5.32 Å². The Bertz CT molecular complexity index is 323. The molecule has 0 bridgehead atoms. The summed E-state index contributed by atoms with van der Waals surface area (Å²) < 4.78 is 18.3. The van der Waals surface area contributed by atoms with Gasteiger partial charge in [-0.1, -0.05) is 6.92 Å². The standard InChI is InChI=1S/C12H25N3O3Si/c1-5-12(15-9-8-13-11-15)14-7-6-10-19(16-2,17-3)18-4/h8-9,11-12,14H,5-7,10H2,1-4H3. The minimum absolute atomic E-state index is 0.284. The van der Waals surface area contributed by atoms with E-state index in [-0.39, 0.29) is 6.17 Å². The van der Waals surface area contributed by atoms with E-state index in [1.165, 1.54) is 0 Å². The van der Waals surface area contributed by atoms with Gasteiger partial charge >= 0.3 is 8.80 Å². The van der Waals surface area contributed by atoms with Crippen LogP contribution in [0.15, 0.2) is 18.7 Å². The van der Waals surface area contributed by atoms with Crippen LogP contribution in [0.5, 0.6) is 0 Å². The third-order valence-electron chi connectivity index (χ3n) is 3.24. The molecular formula is C12H25N3O3Si. The molecule has 19 heavy (non-hydrogen) atoms. The van der Waals surface area contributed by atoms with Crippen LogP contribution >= 0.6 is 0 Å². The van der Waals surface area contributed by atoms with E-state index in [0.29, 0.717) is 0 Å². The molecule has 0 aliphatic carbocycles. The molecule has 0 saturated heterocycles. The summed E-state index contributed by atoms with van der Waals surface area (Å²) >= 11 is 0. The van der Waals surface area contributed by atoms with Gasteiger partial charge in [0.25, 0.3) is 0 Å². The lowest BCUT2D eigenvalue weighted by Crippen LogP contribution is -2.43. The molecule has 0 saturated carbocycles. The summed E-state index contributed by atoms with van der Waals surface area (Å²) in [7, 11) is 2.51. The van der Waals surface area contributed by atoms with Gasteiger partial charge in [0.15, 0.2) is 0 Å². The zero-order valence-corrected chi connectivity index (χ0v) is 13.3. The smallest absolute Gasteiger partial charge is 0.377 e. The van der Waals surface area contributed by atoms with Crippen molar-refractivity contribution in [2.75, 3.05) is 27.9 Å². The number of rotatable bonds is 10. The Hall–Kier alpha value is -0.733.